The van der Waals surface area contributed by atoms with Gasteiger partial charge in [-0.3, -0.25) is 0 Å². The van der Waals surface area contributed by atoms with Crippen LogP contribution in [-0.2, 0) is 0 Å². The molecule has 0 saturated heterocycles. The van der Waals surface area contributed by atoms with Gasteiger partial charge in [0.25, 0.3) is 0 Å². The molecule has 0 radical (unpaired) electrons. The first-order chi connectivity index (χ1) is 8.56. The Labute approximate surface area is 136 Å². The van der Waals surface area contributed by atoms with Gasteiger partial charge in [-0.05, 0) is 100 Å². The highest BCUT2D eigenvalue weighted by molar-refractivity contribution is 14.1. The predicted octanol–water partition coefficient (Wildman–Crippen LogP) is 5.38. The van der Waals surface area contributed by atoms with E-state index in [4.69, 9.17) is 0 Å². The molecular weight excluding hydrogens is 448 g/mol. The lowest BCUT2D eigenvalue weighted by atomic mass is 10.1. The standard InChI is InChI=1S/C15H15I2N/c1-10-9-14(17)7-8-15(10)18-11(2)12-3-5-13(16)6-4-12/h3-9,11,18H,1-2H3. The van der Waals surface area contributed by atoms with Gasteiger partial charge in [0, 0.05) is 18.9 Å². The lowest BCUT2D eigenvalue weighted by Crippen LogP contribution is -2.07. The Morgan fingerprint density at radius 2 is 1.56 bits per heavy atom. The second-order valence-electron chi connectivity index (χ2n) is 4.38. The van der Waals surface area contributed by atoms with Crippen LogP contribution in [0.4, 0.5) is 5.69 Å². The topological polar surface area (TPSA) is 12.0 Å². The van der Waals surface area contributed by atoms with Crippen molar-refractivity contribution in [2.75, 3.05) is 5.32 Å². The SMILES string of the molecule is Cc1cc(I)ccc1NC(C)c1ccc(I)cc1. The van der Waals surface area contributed by atoms with Crippen LogP contribution >= 0.6 is 45.2 Å². The summed E-state index contributed by atoms with van der Waals surface area (Å²) in [7, 11) is 0. The van der Waals surface area contributed by atoms with E-state index < -0.39 is 0 Å². The first-order valence-electron chi connectivity index (χ1n) is 5.84. The fourth-order valence-electron chi connectivity index (χ4n) is 1.86. The summed E-state index contributed by atoms with van der Waals surface area (Å²) in [5.41, 5.74) is 3.81. The molecule has 18 heavy (non-hydrogen) atoms. The third kappa shape index (κ3) is 3.60. The van der Waals surface area contributed by atoms with Gasteiger partial charge < -0.3 is 5.32 Å². The maximum atomic E-state index is 3.57. The molecule has 2 aromatic carbocycles. The summed E-state index contributed by atoms with van der Waals surface area (Å²) in [5.74, 6) is 0. The Morgan fingerprint density at radius 3 is 2.17 bits per heavy atom. The third-order valence-corrected chi connectivity index (χ3v) is 4.32. The molecule has 1 N–H and O–H groups in total. The summed E-state index contributed by atoms with van der Waals surface area (Å²) >= 11 is 4.67. The Balaban J connectivity index is 2.15. The smallest absolute Gasteiger partial charge is 0.0485 e. The van der Waals surface area contributed by atoms with E-state index in [0.29, 0.717) is 6.04 Å². The van der Waals surface area contributed by atoms with E-state index in [1.807, 2.05) is 0 Å². The quantitative estimate of drug-likeness (QED) is 0.604. The first kappa shape index (κ1) is 14.1. The van der Waals surface area contributed by atoms with Crippen molar-refractivity contribution in [3.05, 3.63) is 60.7 Å². The van der Waals surface area contributed by atoms with Gasteiger partial charge in [0.2, 0.25) is 0 Å². The number of rotatable bonds is 3. The van der Waals surface area contributed by atoms with E-state index >= 15 is 0 Å². The predicted molar refractivity (Wildman–Crippen MR) is 95.1 cm³/mol. The maximum Gasteiger partial charge on any atom is 0.0485 e. The van der Waals surface area contributed by atoms with Gasteiger partial charge in [0.05, 0.1) is 0 Å². The molecule has 0 aliphatic carbocycles. The van der Waals surface area contributed by atoms with Crippen LogP contribution in [0.1, 0.15) is 24.1 Å². The van der Waals surface area contributed by atoms with E-state index in [2.05, 4.69) is 107 Å². The van der Waals surface area contributed by atoms with Gasteiger partial charge in [-0.2, -0.15) is 0 Å². The lowest BCUT2D eigenvalue weighted by molar-refractivity contribution is 0.882. The Morgan fingerprint density at radius 1 is 0.944 bits per heavy atom. The number of aryl methyl sites for hydroxylation is 1. The van der Waals surface area contributed by atoms with E-state index in [1.165, 1.54) is 24.0 Å². The molecule has 0 spiro atoms. The average molecular weight is 463 g/mol. The highest BCUT2D eigenvalue weighted by Crippen LogP contribution is 2.24. The van der Waals surface area contributed by atoms with Crippen molar-refractivity contribution in [2.24, 2.45) is 0 Å². The minimum Gasteiger partial charge on any atom is -0.378 e. The van der Waals surface area contributed by atoms with Crippen LogP contribution in [0.15, 0.2) is 42.5 Å². The summed E-state index contributed by atoms with van der Waals surface area (Å²) < 4.78 is 2.55. The van der Waals surface area contributed by atoms with E-state index in [1.54, 1.807) is 0 Å². The number of halogens is 2. The molecule has 2 rings (SSSR count). The van der Waals surface area contributed by atoms with E-state index in [9.17, 15) is 0 Å². The summed E-state index contributed by atoms with van der Waals surface area (Å²) in [6, 6.07) is 15.5. The number of hydrogen-bond acceptors (Lipinski definition) is 1. The van der Waals surface area contributed by atoms with Crippen LogP contribution in [0, 0.1) is 14.1 Å². The van der Waals surface area contributed by atoms with Crippen molar-refractivity contribution in [1.82, 2.24) is 0 Å². The molecule has 1 unspecified atom stereocenters. The zero-order valence-electron chi connectivity index (χ0n) is 10.4. The van der Waals surface area contributed by atoms with Crippen molar-refractivity contribution >= 4 is 50.9 Å². The molecule has 2 aromatic rings. The zero-order valence-corrected chi connectivity index (χ0v) is 14.7. The molecule has 0 aliphatic rings. The molecule has 0 bridgehead atoms. The fraction of sp³-hybridized carbons (Fsp3) is 0.200. The highest BCUT2D eigenvalue weighted by Gasteiger charge is 2.06. The number of nitrogens with one attached hydrogen (secondary N) is 1. The second-order valence-corrected chi connectivity index (χ2v) is 6.87. The Bertz CT molecular complexity index is 535. The van der Waals surface area contributed by atoms with Gasteiger partial charge in [-0.25, -0.2) is 0 Å². The summed E-state index contributed by atoms with van der Waals surface area (Å²) in [5, 5.41) is 3.57. The highest BCUT2D eigenvalue weighted by atomic mass is 127. The number of benzene rings is 2. The van der Waals surface area contributed by atoms with Crippen LogP contribution in [0.5, 0.6) is 0 Å². The van der Waals surface area contributed by atoms with Gasteiger partial charge in [0.1, 0.15) is 0 Å². The molecule has 0 amide bonds. The molecular formula is C15H15I2N. The zero-order chi connectivity index (χ0) is 13.1. The van der Waals surface area contributed by atoms with Crippen LogP contribution in [0.2, 0.25) is 0 Å². The van der Waals surface area contributed by atoms with Crippen molar-refractivity contribution < 1.29 is 0 Å². The molecule has 0 fully saturated rings. The summed E-state index contributed by atoms with van der Waals surface area (Å²) in [6.07, 6.45) is 0. The van der Waals surface area contributed by atoms with E-state index in [0.717, 1.165) is 0 Å². The van der Waals surface area contributed by atoms with Gasteiger partial charge in [-0.15, -0.1) is 0 Å². The molecule has 94 valence electrons. The van der Waals surface area contributed by atoms with Crippen molar-refractivity contribution in [3.8, 4) is 0 Å². The fourth-order valence-corrected chi connectivity index (χ4v) is 2.86. The molecule has 1 atom stereocenters. The lowest BCUT2D eigenvalue weighted by Gasteiger charge is -2.17. The van der Waals surface area contributed by atoms with Crippen LogP contribution in [0.3, 0.4) is 0 Å². The van der Waals surface area contributed by atoms with Crippen LogP contribution in [0.25, 0.3) is 0 Å². The Kier molecular flexibility index (Phi) is 4.89. The normalized spacial score (nSPS) is 12.2. The molecule has 1 nitrogen and oxygen atoms in total. The van der Waals surface area contributed by atoms with Gasteiger partial charge in [0.15, 0.2) is 0 Å². The maximum absolute atomic E-state index is 3.57. The summed E-state index contributed by atoms with van der Waals surface area (Å²) in [6.45, 7) is 4.34. The summed E-state index contributed by atoms with van der Waals surface area (Å²) in [4.78, 5) is 0. The minimum absolute atomic E-state index is 0.320. The minimum atomic E-state index is 0.320. The first-order valence-corrected chi connectivity index (χ1v) is 8.00. The molecule has 0 aromatic heterocycles. The molecule has 3 heteroatoms. The average Bonchev–Trinajstić information content (AvgIpc) is 2.33. The van der Waals surface area contributed by atoms with Crippen LogP contribution in [-0.4, -0.2) is 0 Å². The number of anilines is 1. The monoisotopic (exact) mass is 463 g/mol. The van der Waals surface area contributed by atoms with E-state index in [-0.39, 0.29) is 0 Å². The number of hydrogen-bond donors (Lipinski definition) is 1. The Hall–Kier alpha value is -0.300. The largest absolute Gasteiger partial charge is 0.378 e. The van der Waals surface area contributed by atoms with Gasteiger partial charge in [-0.1, -0.05) is 12.1 Å². The molecule has 0 heterocycles. The van der Waals surface area contributed by atoms with Gasteiger partial charge >= 0.3 is 0 Å². The van der Waals surface area contributed by atoms with Crippen molar-refractivity contribution in [1.29, 1.82) is 0 Å². The third-order valence-electron chi connectivity index (χ3n) is 2.93. The van der Waals surface area contributed by atoms with Crippen LogP contribution < -0.4 is 5.32 Å². The van der Waals surface area contributed by atoms with Crippen molar-refractivity contribution in [3.63, 3.8) is 0 Å². The van der Waals surface area contributed by atoms with Crippen molar-refractivity contribution in [2.45, 2.75) is 19.9 Å². The molecule has 0 aliphatic heterocycles. The molecule has 0 saturated carbocycles. The second kappa shape index (κ2) is 6.23.